The smallest absolute Gasteiger partial charge is 0.244 e. The first-order valence-corrected chi connectivity index (χ1v) is 9.16. The maximum absolute atomic E-state index is 12.4. The number of carbonyl (C=O) groups is 1. The van der Waals surface area contributed by atoms with Crippen molar-refractivity contribution in [1.82, 2.24) is 19.8 Å². The summed E-state index contributed by atoms with van der Waals surface area (Å²) < 4.78 is 27.1. The van der Waals surface area contributed by atoms with Gasteiger partial charge < -0.3 is 4.90 Å². The Morgan fingerprint density at radius 3 is 2.46 bits per heavy atom. The largest absolute Gasteiger partial charge is 0.338 e. The van der Waals surface area contributed by atoms with Crippen LogP contribution in [0.3, 0.4) is 0 Å². The predicted molar refractivity (Wildman–Crippen MR) is 90.8 cm³/mol. The summed E-state index contributed by atoms with van der Waals surface area (Å²) in [5, 5.41) is 6.51. The molecule has 0 aliphatic rings. The SMILES string of the molecule is CCN(Cc1ccccc1)C(=O)CNS(=O)(=O)c1c(C)n[nH]c1C. The molecular weight excluding hydrogens is 328 g/mol. The highest BCUT2D eigenvalue weighted by Crippen LogP contribution is 2.16. The lowest BCUT2D eigenvalue weighted by Gasteiger charge is -2.21. The third kappa shape index (κ3) is 4.21. The Balaban J connectivity index is 2.03. The molecule has 0 unspecified atom stereocenters. The number of hydrogen-bond acceptors (Lipinski definition) is 4. The molecule has 7 nitrogen and oxygen atoms in total. The van der Waals surface area contributed by atoms with Gasteiger partial charge in [0.05, 0.1) is 17.9 Å². The summed E-state index contributed by atoms with van der Waals surface area (Å²) in [5.41, 5.74) is 1.82. The van der Waals surface area contributed by atoms with Crippen molar-refractivity contribution in [2.45, 2.75) is 32.2 Å². The first-order valence-electron chi connectivity index (χ1n) is 7.68. The Kier molecular flexibility index (Phi) is 5.74. The van der Waals surface area contributed by atoms with Crippen LogP contribution in [0.15, 0.2) is 35.2 Å². The number of aromatic nitrogens is 2. The lowest BCUT2D eigenvalue weighted by molar-refractivity contribution is -0.130. The van der Waals surface area contributed by atoms with Gasteiger partial charge in [0.1, 0.15) is 4.90 Å². The number of nitrogens with one attached hydrogen (secondary N) is 2. The van der Waals surface area contributed by atoms with Gasteiger partial charge in [-0.2, -0.15) is 5.10 Å². The summed E-state index contributed by atoms with van der Waals surface area (Å²) in [7, 11) is -3.78. The standard InChI is InChI=1S/C16H22N4O3S/c1-4-20(11-14-8-6-5-7-9-14)15(21)10-17-24(22,23)16-12(2)18-19-13(16)3/h5-9,17H,4,10-11H2,1-3H3,(H,18,19). The minimum absolute atomic E-state index is 0.0985. The average molecular weight is 350 g/mol. The first kappa shape index (κ1) is 18.2. The topological polar surface area (TPSA) is 95.2 Å². The molecule has 1 heterocycles. The molecule has 0 aliphatic carbocycles. The number of sulfonamides is 1. The summed E-state index contributed by atoms with van der Waals surface area (Å²) in [5.74, 6) is -0.274. The minimum Gasteiger partial charge on any atom is -0.338 e. The fourth-order valence-corrected chi connectivity index (χ4v) is 3.80. The Labute approximate surface area is 142 Å². The zero-order valence-electron chi connectivity index (χ0n) is 14.0. The van der Waals surface area contributed by atoms with Gasteiger partial charge in [-0.15, -0.1) is 0 Å². The molecule has 24 heavy (non-hydrogen) atoms. The number of benzene rings is 1. The van der Waals surface area contributed by atoms with Crippen molar-refractivity contribution in [1.29, 1.82) is 0 Å². The number of rotatable bonds is 7. The van der Waals surface area contributed by atoms with Crippen molar-refractivity contribution >= 4 is 15.9 Å². The van der Waals surface area contributed by atoms with Crippen LogP contribution >= 0.6 is 0 Å². The number of hydrogen-bond donors (Lipinski definition) is 2. The lowest BCUT2D eigenvalue weighted by atomic mass is 10.2. The zero-order chi connectivity index (χ0) is 17.7. The van der Waals surface area contributed by atoms with Gasteiger partial charge in [0.2, 0.25) is 15.9 Å². The van der Waals surface area contributed by atoms with Crippen LogP contribution in [0, 0.1) is 13.8 Å². The second kappa shape index (κ2) is 7.59. The summed E-state index contributed by atoms with van der Waals surface area (Å²) in [6.07, 6.45) is 0. The van der Waals surface area contributed by atoms with Crippen molar-refractivity contribution in [2.75, 3.05) is 13.1 Å². The number of H-pyrrole nitrogens is 1. The highest BCUT2D eigenvalue weighted by atomic mass is 32.2. The molecule has 8 heteroatoms. The molecule has 0 radical (unpaired) electrons. The minimum atomic E-state index is -3.78. The van der Waals surface area contributed by atoms with E-state index in [0.717, 1.165) is 5.56 Å². The predicted octanol–water partition coefficient (Wildman–Crippen LogP) is 1.35. The van der Waals surface area contributed by atoms with Gasteiger partial charge in [-0.25, -0.2) is 13.1 Å². The quantitative estimate of drug-likeness (QED) is 0.788. The fraction of sp³-hybridized carbons (Fsp3) is 0.375. The van der Waals surface area contributed by atoms with Gasteiger partial charge in [0.15, 0.2) is 0 Å². The third-order valence-corrected chi connectivity index (χ3v) is 5.36. The molecule has 0 bridgehead atoms. The highest BCUT2D eigenvalue weighted by Gasteiger charge is 2.23. The van der Waals surface area contributed by atoms with E-state index in [1.807, 2.05) is 37.3 Å². The van der Waals surface area contributed by atoms with Crippen LogP contribution in [-0.4, -0.2) is 42.5 Å². The van der Waals surface area contributed by atoms with Gasteiger partial charge in [0.25, 0.3) is 0 Å². The molecule has 0 saturated heterocycles. The first-order chi connectivity index (χ1) is 11.3. The number of likely N-dealkylation sites (N-methyl/N-ethyl adjacent to an activating group) is 1. The molecule has 0 saturated carbocycles. The Morgan fingerprint density at radius 2 is 1.92 bits per heavy atom. The molecule has 0 fully saturated rings. The van der Waals surface area contributed by atoms with Crippen LogP contribution in [0.25, 0.3) is 0 Å². The summed E-state index contributed by atoms with van der Waals surface area (Å²) in [6.45, 7) is 5.76. The second-order valence-electron chi connectivity index (χ2n) is 5.48. The van der Waals surface area contributed by atoms with Gasteiger partial charge in [-0.3, -0.25) is 9.89 Å². The van der Waals surface area contributed by atoms with Crippen LogP contribution in [0.2, 0.25) is 0 Å². The van der Waals surface area contributed by atoms with Gasteiger partial charge in [0, 0.05) is 13.1 Å². The normalized spacial score (nSPS) is 11.5. The molecule has 1 aromatic heterocycles. The monoisotopic (exact) mass is 350 g/mol. The third-order valence-electron chi connectivity index (χ3n) is 3.69. The maximum atomic E-state index is 12.4. The van der Waals surface area contributed by atoms with E-state index in [9.17, 15) is 13.2 Å². The van der Waals surface area contributed by atoms with Crippen molar-refractivity contribution in [3.8, 4) is 0 Å². The van der Waals surface area contributed by atoms with E-state index in [-0.39, 0.29) is 17.3 Å². The molecule has 2 rings (SSSR count). The van der Waals surface area contributed by atoms with E-state index in [0.29, 0.717) is 24.5 Å². The van der Waals surface area contributed by atoms with Crippen LogP contribution in [-0.2, 0) is 21.4 Å². The Bertz CT molecular complexity index is 780. The highest BCUT2D eigenvalue weighted by molar-refractivity contribution is 7.89. The van der Waals surface area contributed by atoms with Gasteiger partial charge in [-0.05, 0) is 26.3 Å². The van der Waals surface area contributed by atoms with Crippen LogP contribution < -0.4 is 4.72 Å². The molecule has 1 aromatic carbocycles. The number of aromatic amines is 1. The number of nitrogens with zero attached hydrogens (tertiary/aromatic N) is 2. The van der Waals surface area contributed by atoms with Gasteiger partial charge in [-0.1, -0.05) is 30.3 Å². The van der Waals surface area contributed by atoms with E-state index >= 15 is 0 Å². The van der Waals surface area contributed by atoms with E-state index < -0.39 is 10.0 Å². The molecule has 2 N–H and O–H groups in total. The lowest BCUT2D eigenvalue weighted by Crippen LogP contribution is -2.39. The van der Waals surface area contributed by atoms with E-state index in [1.54, 1.807) is 18.7 Å². The van der Waals surface area contributed by atoms with Crippen LogP contribution in [0.1, 0.15) is 23.9 Å². The molecule has 1 amide bonds. The number of amides is 1. The van der Waals surface area contributed by atoms with Crippen LogP contribution in [0.4, 0.5) is 0 Å². The molecule has 130 valence electrons. The van der Waals surface area contributed by atoms with E-state index in [2.05, 4.69) is 14.9 Å². The molecule has 0 spiro atoms. The fourth-order valence-electron chi connectivity index (χ4n) is 2.46. The summed E-state index contributed by atoms with van der Waals surface area (Å²) in [6, 6.07) is 9.57. The van der Waals surface area contributed by atoms with Crippen molar-refractivity contribution in [2.24, 2.45) is 0 Å². The van der Waals surface area contributed by atoms with Crippen molar-refractivity contribution in [3.05, 3.63) is 47.3 Å². The summed E-state index contributed by atoms with van der Waals surface area (Å²) >= 11 is 0. The van der Waals surface area contributed by atoms with Crippen molar-refractivity contribution < 1.29 is 13.2 Å². The number of aryl methyl sites for hydroxylation is 2. The molecule has 0 aliphatic heterocycles. The van der Waals surface area contributed by atoms with E-state index in [1.165, 1.54) is 0 Å². The molecular formula is C16H22N4O3S. The number of carbonyl (C=O) groups excluding carboxylic acids is 1. The van der Waals surface area contributed by atoms with Crippen LogP contribution in [0.5, 0.6) is 0 Å². The summed E-state index contributed by atoms with van der Waals surface area (Å²) in [4.78, 5) is 14.0. The molecule has 0 atom stereocenters. The Hall–Kier alpha value is -2.19. The maximum Gasteiger partial charge on any atom is 0.244 e. The zero-order valence-corrected chi connectivity index (χ0v) is 14.9. The second-order valence-corrected chi connectivity index (χ2v) is 7.19. The Morgan fingerprint density at radius 1 is 1.25 bits per heavy atom. The van der Waals surface area contributed by atoms with E-state index in [4.69, 9.17) is 0 Å². The van der Waals surface area contributed by atoms with Gasteiger partial charge >= 0.3 is 0 Å². The molecule has 2 aromatic rings. The average Bonchev–Trinajstić information content (AvgIpc) is 2.91. The van der Waals surface area contributed by atoms with Crippen molar-refractivity contribution in [3.63, 3.8) is 0 Å².